The van der Waals surface area contributed by atoms with Crippen LogP contribution in [0.4, 0.5) is 10.1 Å². The largest absolute Gasteiger partial charge is 0.337 e. The van der Waals surface area contributed by atoms with Gasteiger partial charge in [0.05, 0.1) is 11.8 Å². The maximum atomic E-state index is 13.1. The van der Waals surface area contributed by atoms with E-state index in [1.54, 1.807) is 13.8 Å². The molecule has 0 aliphatic rings. The lowest BCUT2D eigenvalue weighted by molar-refractivity contribution is -0.120. The Bertz CT molecular complexity index is 565. The Balaban J connectivity index is 2.85. The number of hydrogen-bond acceptors (Lipinski definition) is 4. The fraction of sp³-hybridized carbons (Fsp3) is 0.385. The fourth-order valence-electron chi connectivity index (χ4n) is 1.53. The van der Waals surface area contributed by atoms with Crippen LogP contribution in [0.2, 0.25) is 0 Å². The van der Waals surface area contributed by atoms with Crippen LogP contribution in [0.15, 0.2) is 24.3 Å². The molecule has 0 spiro atoms. The number of hydrogen-bond donors (Lipinski definition) is 1. The van der Waals surface area contributed by atoms with Gasteiger partial charge < -0.3 is 9.42 Å². The normalized spacial score (nSPS) is 15.0. The summed E-state index contributed by atoms with van der Waals surface area (Å²) < 4.78 is 29.8. The molecule has 0 saturated heterocycles. The molecule has 8 heteroatoms. The van der Waals surface area contributed by atoms with E-state index >= 15 is 0 Å². The molecular weight excluding hydrogens is 300 g/mol. The third-order valence-electron chi connectivity index (χ3n) is 2.72. The van der Waals surface area contributed by atoms with E-state index in [-0.39, 0.29) is 12.1 Å². The molecule has 0 aliphatic carbocycles. The van der Waals surface area contributed by atoms with Gasteiger partial charge in [0.15, 0.2) is 0 Å². The first-order valence-corrected chi connectivity index (χ1v) is 8.08. The Kier molecular flexibility index (Phi) is 6.20. The molecule has 2 amide bonds. The van der Waals surface area contributed by atoms with Crippen LogP contribution >= 0.6 is 7.60 Å². The van der Waals surface area contributed by atoms with Gasteiger partial charge in [0.2, 0.25) is 12.3 Å². The van der Waals surface area contributed by atoms with Gasteiger partial charge in [-0.15, -0.1) is 0 Å². The average Bonchev–Trinajstić information content (AvgIpc) is 2.38. The van der Waals surface area contributed by atoms with E-state index < -0.39 is 31.6 Å². The minimum atomic E-state index is -4.16. The van der Waals surface area contributed by atoms with E-state index in [1.807, 2.05) is 0 Å². The third kappa shape index (κ3) is 5.38. The van der Waals surface area contributed by atoms with E-state index in [4.69, 9.17) is 4.52 Å². The minimum absolute atomic E-state index is 0.0152. The number of imide groups is 1. The van der Waals surface area contributed by atoms with Gasteiger partial charge in [-0.1, -0.05) is 13.0 Å². The summed E-state index contributed by atoms with van der Waals surface area (Å²) >= 11 is 0. The van der Waals surface area contributed by atoms with Crippen LogP contribution in [0.5, 0.6) is 0 Å². The Labute approximate surface area is 122 Å². The Morgan fingerprint density at radius 1 is 1.57 bits per heavy atom. The van der Waals surface area contributed by atoms with Crippen molar-refractivity contribution in [2.75, 3.05) is 11.1 Å². The maximum Gasteiger partial charge on any atom is 0.337 e. The summed E-state index contributed by atoms with van der Waals surface area (Å²) in [6.07, 6.45) is -0.681. The summed E-state index contributed by atoms with van der Waals surface area (Å²) in [6.45, 7) is 3.36. The van der Waals surface area contributed by atoms with Crippen LogP contribution in [0.25, 0.3) is 0 Å². The van der Waals surface area contributed by atoms with Crippen molar-refractivity contribution in [3.63, 3.8) is 0 Å². The number of amides is 2. The highest BCUT2D eigenvalue weighted by molar-refractivity contribution is 7.53. The molecule has 1 aromatic rings. The summed E-state index contributed by atoms with van der Waals surface area (Å²) in [5.74, 6) is -1.57. The second-order valence-electron chi connectivity index (χ2n) is 4.47. The Morgan fingerprint density at radius 2 is 2.24 bits per heavy atom. The first-order chi connectivity index (χ1) is 9.79. The van der Waals surface area contributed by atoms with Gasteiger partial charge in [-0.25, -0.2) is 4.39 Å². The van der Waals surface area contributed by atoms with E-state index in [0.29, 0.717) is 11.3 Å². The van der Waals surface area contributed by atoms with Crippen molar-refractivity contribution in [2.24, 2.45) is 0 Å². The van der Waals surface area contributed by atoms with Crippen LogP contribution in [-0.4, -0.2) is 29.5 Å². The monoisotopic (exact) mass is 317 g/mol. The molecule has 0 bridgehead atoms. The zero-order valence-corrected chi connectivity index (χ0v) is 12.6. The Morgan fingerprint density at radius 3 is 2.76 bits per heavy atom. The molecule has 0 saturated carbocycles. The second-order valence-corrected chi connectivity index (χ2v) is 6.27. The molecule has 0 radical (unpaired) electrons. The maximum absolute atomic E-state index is 13.1. The van der Waals surface area contributed by atoms with Crippen LogP contribution < -0.4 is 4.90 Å². The van der Waals surface area contributed by atoms with Crippen molar-refractivity contribution in [1.82, 2.24) is 0 Å². The number of anilines is 1. The first-order valence-electron chi connectivity index (χ1n) is 6.32. The fourth-order valence-corrected chi connectivity index (χ4v) is 2.81. The molecule has 1 aromatic carbocycles. The summed E-state index contributed by atoms with van der Waals surface area (Å²) in [6, 6.07) is 4.79. The van der Waals surface area contributed by atoms with Crippen molar-refractivity contribution in [2.45, 2.75) is 26.4 Å². The lowest BCUT2D eigenvalue weighted by Gasteiger charge is -2.20. The SMILES string of the molecule is CCC(C)OP(=O)(O)CC(=O)N(C=O)c1cccc(F)c1. The number of carbonyl (C=O) groups is 2. The standard InChI is InChI=1S/C13H17FNO5P/c1-3-10(2)20-21(18,19)8-13(17)15(9-16)12-6-4-5-11(14)7-12/h4-7,9-10H,3,8H2,1-2H3,(H,18,19). The molecule has 116 valence electrons. The number of rotatable bonds is 7. The van der Waals surface area contributed by atoms with Crippen molar-refractivity contribution in [3.8, 4) is 0 Å². The molecule has 1 rings (SSSR count). The molecule has 2 atom stereocenters. The highest BCUT2D eigenvalue weighted by Crippen LogP contribution is 2.43. The number of carbonyl (C=O) groups excluding carboxylic acids is 2. The topological polar surface area (TPSA) is 83.9 Å². The summed E-state index contributed by atoms with van der Waals surface area (Å²) in [4.78, 5) is 33.1. The van der Waals surface area contributed by atoms with Crippen molar-refractivity contribution in [1.29, 1.82) is 0 Å². The predicted octanol–water partition coefficient (Wildman–Crippen LogP) is 2.32. The lowest BCUT2D eigenvalue weighted by Crippen LogP contribution is -2.32. The van der Waals surface area contributed by atoms with Crippen molar-refractivity contribution < 1.29 is 28.0 Å². The molecule has 0 fully saturated rings. The van der Waals surface area contributed by atoms with Crippen LogP contribution in [0.1, 0.15) is 20.3 Å². The number of halogens is 1. The van der Waals surface area contributed by atoms with Crippen LogP contribution in [-0.2, 0) is 18.7 Å². The van der Waals surface area contributed by atoms with E-state index in [1.165, 1.54) is 12.1 Å². The zero-order valence-electron chi connectivity index (χ0n) is 11.7. The third-order valence-corrected chi connectivity index (χ3v) is 4.07. The second kappa shape index (κ2) is 7.45. The summed E-state index contributed by atoms with van der Waals surface area (Å²) in [7, 11) is -4.16. The van der Waals surface area contributed by atoms with Gasteiger partial charge in [-0.2, -0.15) is 0 Å². The van der Waals surface area contributed by atoms with Gasteiger partial charge in [0, 0.05) is 0 Å². The van der Waals surface area contributed by atoms with Crippen molar-refractivity contribution >= 4 is 25.6 Å². The quantitative estimate of drug-likeness (QED) is 0.616. The van der Waals surface area contributed by atoms with Gasteiger partial charge in [-0.05, 0) is 31.5 Å². The van der Waals surface area contributed by atoms with Crippen LogP contribution in [0.3, 0.4) is 0 Å². The Hall–Kier alpha value is -1.56. The van der Waals surface area contributed by atoms with Gasteiger partial charge in [0.25, 0.3) is 0 Å². The first kappa shape index (κ1) is 17.5. The zero-order chi connectivity index (χ0) is 16.0. The molecular formula is C13H17FNO5P. The highest BCUT2D eigenvalue weighted by atomic mass is 31.2. The average molecular weight is 317 g/mol. The van der Waals surface area contributed by atoms with E-state index in [2.05, 4.69) is 0 Å². The highest BCUT2D eigenvalue weighted by Gasteiger charge is 2.29. The molecule has 6 nitrogen and oxygen atoms in total. The minimum Gasteiger partial charge on any atom is -0.324 e. The van der Waals surface area contributed by atoms with Gasteiger partial charge in [-0.3, -0.25) is 19.1 Å². The predicted molar refractivity (Wildman–Crippen MR) is 75.5 cm³/mol. The van der Waals surface area contributed by atoms with E-state index in [9.17, 15) is 23.4 Å². The molecule has 0 aromatic heterocycles. The van der Waals surface area contributed by atoms with Crippen LogP contribution in [0, 0.1) is 5.82 Å². The number of nitrogens with zero attached hydrogens (tertiary/aromatic N) is 1. The molecule has 0 aliphatic heterocycles. The summed E-state index contributed by atoms with van der Waals surface area (Å²) in [5.41, 5.74) is -0.0152. The molecule has 21 heavy (non-hydrogen) atoms. The molecule has 2 unspecified atom stereocenters. The number of benzene rings is 1. The summed E-state index contributed by atoms with van der Waals surface area (Å²) in [5, 5.41) is 0. The van der Waals surface area contributed by atoms with Gasteiger partial charge in [0.1, 0.15) is 12.0 Å². The molecule has 0 heterocycles. The molecule has 1 N–H and O–H groups in total. The van der Waals surface area contributed by atoms with E-state index in [0.717, 1.165) is 12.1 Å². The lowest BCUT2D eigenvalue weighted by atomic mass is 10.3. The smallest absolute Gasteiger partial charge is 0.324 e. The van der Waals surface area contributed by atoms with Crippen molar-refractivity contribution in [3.05, 3.63) is 30.1 Å². The van der Waals surface area contributed by atoms with Gasteiger partial charge >= 0.3 is 7.60 Å².